The van der Waals surface area contributed by atoms with E-state index in [-0.39, 0.29) is 42.4 Å². The third kappa shape index (κ3) is 8.20. The van der Waals surface area contributed by atoms with Crippen molar-refractivity contribution in [2.24, 2.45) is 4.99 Å². The predicted molar refractivity (Wildman–Crippen MR) is 124 cm³/mol. The van der Waals surface area contributed by atoms with Gasteiger partial charge in [-0.15, -0.1) is 35.3 Å². The summed E-state index contributed by atoms with van der Waals surface area (Å²) in [5.41, 5.74) is 0.935. The van der Waals surface area contributed by atoms with Crippen LogP contribution in [0.2, 0.25) is 0 Å². The summed E-state index contributed by atoms with van der Waals surface area (Å²) >= 11 is 1.57. The van der Waals surface area contributed by atoms with Crippen molar-refractivity contribution in [3.63, 3.8) is 0 Å². The van der Waals surface area contributed by atoms with Crippen molar-refractivity contribution in [3.05, 3.63) is 16.1 Å². The molecule has 0 aliphatic heterocycles. The average Bonchev–Trinajstić information content (AvgIpc) is 3.00. The van der Waals surface area contributed by atoms with Crippen LogP contribution in [0.3, 0.4) is 0 Å². The highest BCUT2D eigenvalue weighted by Crippen LogP contribution is 2.21. The molecule has 0 fully saturated rings. The van der Waals surface area contributed by atoms with E-state index in [0.29, 0.717) is 19.0 Å². The van der Waals surface area contributed by atoms with Crippen molar-refractivity contribution in [1.82, 2.24) is 15.2 Å². The number of halogens is 1. The van der Waals surface area contributed by atoms with Gasteiger partial charge in [0.15, 0.2) is 15.8 Å². The second-order valence-electron chi connectivity index (χ2n) is 7.08. The summed E-state index contributed by atoms with van der Waals surface area (Å²) in [5.74, 6) is 0.705. The Hall–Kier alpha value is -0.460. The Morgan fingerprint density at radius 3 is 2.59 bits per heavy atom. The Morgan fingerprint density at radius 1 is 1.44 bits per heavy atom. The molecular weight excluding hydrogens is 499 g/mol. The number of hydrogen-bond acceptors (Lipinski definition) is 6. The third-order valence-electron chi connectivity index (χ3n) is 3.92. The van der Waals surface area contributed by atoms with Crippen LogP contribution in [0.15, 0.2) is 10.4 Å². The number of nitrogens with zero attached hydrogens (tertiary/aromatic N) is 3. The number of aromatic nitrogens is 1. The lowest BCUT2D eigenvalue weighted by Crippen LogP contribution is -2.39. The molecule has 1 N–H and O–H groups in total. The molecule has 1 aromatic rings. The Kier molecular flexibility index (Phi) is 11.3. The minimum absolute atomic E-state index is 0. The largest absolute Gasteiger partial charge is 0.375 e. The van der Waals surface area contributed by atoms with Crippen LogP contribution in [-0.4, -0.2) is 62.0 Å². The van der Waals surface area contributed by atoms with Gasteiger partial charge in [0.1, 0.15) is 11.1 Å². The van der Waals surface area contributed by atoms with Gasteiger partial charge in [-0.3, -0.25) is 4.99 Å². The van der Waals surface area contributed by atoms with E-state index in [0.717, 1.165) is 10.7 Å². The van der Waals surface area contributed by atoms with Crippen LogP contribution in [0.5, 0.6) is 0 Å². The molecule has 0 bridgehead atoms. The van der Waals surface area contributed by atoms with E-state index in [1.54, 1.807) is 39.2 Å². The molecule has 7 nitrogen and oxygen atoms in total. The first-order valence-corrected chi connectivity index (χ1v) is 11.2. The number of nitrogens with one attached hydrogen (secondary N) is 1. The molecule has 0 aromatic carbocycles. The van der Waals surface area contributed by atoms with E-state index in [4.69, 9.17) is 4.74 Å². The number of thiazole rings is 1. The second kappa shape index (κ2) is 11.5. The van der Waals surface area contributed by atoms with Gasteiger partial charge in [-0.25, -0.2) is 13.4 Å². The maximum atomic E-state index is 12.2. The molecule has 1 rings (SSSR count). The Bertz CT molecular complexity index is 699. The minimum atomic E-state index is -3.18. The van der Waals surface area contributed by atoms with Gasteiger partial charge in [0, 0.05) is 26.1 Å². The van der Waals surface area contributed by atoms with Gasteiger partial charge in [0.25, 0.3) is 0 Å². The summed E-state index contributed by atoms with van der Waals surface area (Å²) in [6.45, 7) is 10.6. The highest BCUT2D eigenvalue weighted by Gasteiger charge is 2.28. The van der Waals surface area contributed by atoms with Gasteiger partial charge in [-0.05, 0) is 34.6 Å². The lowest BCUT2D eigenvalue weighted by molar-refractivity contribution is 0.119. The van der Waals surface area contributed by atoms with E-state index in [1.807, 2.05) is 31.2 Å². The van der Waals surface area contributed by atoms with Crippen LogP contribution in [0.1, 0.15) is 51.4 Å². The normalized spacial score (nSPS) is 13.8. The lowest BCUT2D eigenvalue weighted by atomic mass is 10.3. The maximum Gasteiger partial charge on any atom is 0.194 e. The number of sulfone groups is 1. The summed E-state index contributed by atoms with van der Waals surface area (Å²) in [5, 5.41) is 6.15. The topological polar surface area (TPSA) is 83.9 Å². The van der Waals surface area contributed by atoms with E-state index in [1.165, 1.54) is 0 Å². The van der Waals surface area contributed by atoms with E-state index < -0.39 is 14.6 Å². The molecule has 1 aromatic heterocycles. The Morgan fingerprint density at radius 2 is 2.07 bits per heavy atom. The lowest BCUT2D eigenvalue weighted by Gasteiger charge is -2.22. The van der Waals surface area contributed by atoms with Crippen molar-refractivity contribution < 1.29 is 13.2 Å². The molecule has 0 aliphatic carbocycles. The molecule has 0 aliphatic rings. The molecule has 27 heavy (non-hydrogen) atoms. The summed E-state index contributed by atoms with van der Waals surface area (Å²) in [6.07, 6.45) is -0.0245. The highest BCUT2D eigenvalue weighted by molar-refractivity contribution is 14.0. The molecule has 0 saturated heterocycles. The van der Waals surface area contributed by atoms with Crippen molar-refractivity contribution in [2.75, 3.05) is 33.0 Å². The monoisotopic (exact) mass is 532 g/mol. The predicted octanol–water partition coefficient (Wildman–Crippen LogP) is 3.08. The van der Waals surface area contributed by atoms with Crippen LogP contribution < -0.4 is 5.32 Å². The van der Waals surface area contributed by atoms with Gasteiger partial charge >= 0.3 is 0 Å². The number of methoxy groups -OCH3 is 1. The zero-order valence-corrected chi connectivity index (χ0v) is 21.2. The van der Waals surface area contributed by atoms with Crippen LogP contribution in [0, 0.1) is 0 Å². The van der Waals surface area contributed by atoms with Crippen molar-refractivity contribution in [2.45, 2.75) is 52.0 Å². The van der Waals surface area contributed by atoms with Gasteiger partial charge in [0.2, 0.25) is 0 Å². The smallest absolute Gasteiger partial charge is 0.194 e. The summed E-state index contributed by atoms with van der Waals surface area (Å²) < 4.78 is 29.0. The van der Waals surface area contributed by atoms with Crippen LogP contribution >= 0.6 is 35.3 Å². The van der Waals surface area contributed by atoms with Crippen LogP contribution in [0.4, 0.5) is 0 Å². The molecular formula is C17H33IN4O3S2. The zero-order valence-electron chi connectivity index (χ0n) is 17.3. The van der Waals surface area contributed by atoms with E-state index in [2.05, 4.69) is 15.3 Å². The fraction of sp³-hybridized carbons (Fsp3) is 0.765. The number of ether oxygens (including phenoxy) is 1. The van der Waals surface area contributed by atoms with E-state index >= 15 is 0 Å². The van der Waals surface area contributed by atoms with Gasteiger partial charge < -0.3 is 15.0 Å². The summed E-state index contributed by atoms with van der Waals surface area (Å²) in [4.78, 5) is 11.0. The number of guanidine groups is 1. The van der Waals surface area contributed by atoms with Crippen LogP contribution in [0.25, 0.3) is 0 Å². The SMILES string of the molecule is CCNC(=NCCS(=O)(=O)C(C)(C)C)N(C)Cc1csc(C(C)OC)n1.I. The first-order chi connectivity index (χ1) is 12.0. The van der Waals surface area contributed by atoms with E-state index in [9.17, 15) is 8.42 Å². The number of rotatable bonds is 8. The minimum Gasteiger partial charge on any atom is -0.375 e. The van der Waals surface area contributed by atoms with Gasteiger partial charge in [-0.1, -0.05) is 0 Å². The van der Waals surface area contributed by atoms with Crippen molar-refractivity contribution >= 4 is 51.1 Å². The Balaban J connectivity index is 0.00000676. The first kappa shape index (κ1) is 26.5. The highest BCUT2D eigenvalue weighted by atomic mass is 127. The quantitative estimate of drug-likeness (QED) is 0.315. The first-order valence-electron chi connectivity index (χ1n) is 8.70. The second-order valence-corrected chi connectivity index (χ2v) is 10.8. The molecule has 158 valence electrons. The standard InChI is InChI=1S/C17H32N4O3S2.HI/c1-8-18-16(19-9-10-26(22,23)17(3,4)5)21(6)11-14-12-25-15(20-14)13(2)24-7;/h12-13H,8-11H2,1-7H3,(H,18,19);1H. The zero-order chi connectivity index (χ0) is 20.0. The Labute approximate surface area is 184 Å². The molecule has 0 amide bonds. The molecule has 1 atom stereocenters. The molecule has 0 radical (unpaired) electrons. The van der Waals surface area contributed by atoms with Gasteiger partial charge in [0.05, 0.1) is 29.3 Å². The maximum absolute atomic E-state index is 12.2. The number of hydrogen-bond donors (Lipinski definition) is 1. The average molecular weight is 533 g/mol. The van der Waals surface area contributed by atoms with Crippen molar-refractivity contribution in [1.29, 1.82) is 0 Å². The molecule has 0 spiro atoms. The molecule has 10 heteroatoms. The fourth-order valence-electron chi connectivity index (χ4n) is 2.05. The molecule has 1 unspecified atom stereocenters. The molecule has 1 heterocycles. The third-order valence-corrected chi connectivity index (χ3v) is 7.56. The number of aliphatic imine (C=N–C) groups is 1. The summed E-state index contributed by atoms with van der Waals surface area (Å²) in [7, 11) is 0.401. The van der Waals surface area contributed by atoms with Crippen molar-refractivity contribution in [3.8, 4) is 0 Å². The summed E-state index contributed by atoms with van der Waals surface area (Å²) in [6, 6.07) is 0. The van der Waals surface area contributed by atoms with Gasteiger partial charge in [-0.2, -0.15) is 0 Å². The van der Waals surface area contributed by atoms with Crippen LogP contribution in [-0.2, 0) is 21.1 Å². The molecule has 0 saturated carbocycles. The fourth-order valence-corrected chi connectivity index (χ4v) is 3.83.